The van der Waals surface area contributed by atoms with E-state index in [1.54, 1.807) is 51.1 Å². The highest BCUT2D eigenvalue weighted by molar-refractivity contribution is 7.07. The first kappa shape index (κ1) is 19.6. The first-order valence-electron chi connectivity index (χ1n) is 8.10. The molecule has 0 aliphatic rings. The minimum atomic E-state index is -1.09. The van der Waals surface area contributed by atoms with E-state index in [-0.39, 0.29) is 23.0 Å². The molecule has 138 valence electrons. The summed E-state index contributed by atoms with van der Waals surface area (Å²) in [5.41, 5.74) is 0.381. The number of aliphatic carboxylic acids is 1. The van der Waals surface area contributed by atoms with E-state index in [1.165, 1.54) is 5.38 Å². The fraction of sp³-hybridized carbons (Fsp3) is 0.333. The molecule has 0 radical (unpaired) electrons. The molecule has 1 aromatic heterocycles. The average Bonchev–Trinajstić information content (AvgIpc) is 3.03. The molecule has 0 spiro atoms. The van der Waals surface area contributed by atoms with Crippen LogP contribution in [0.4, 0.5) is 0 Å². The summed E-state index contributed by atoms with van der Waals surface area (Å²) >= 11 is 1.03. The maximum absolute atomic E-state index is 12.9. The van der Waals surface area contributed by atoms with Gasteiger partial charge >= 0.3 is 11.9 Å². The van der Waals surface area contributed by atoms with Crippen molar-refractivity contribution in [1.82, 2.24) is 4.57 Å². The second-order valence-electron chi connectivity index (χ2n) is 5.79. The summed E-state index contributed by atoms with van der Waals surface area (Å²) in [5.74, 6) is -2.50. The molecule has 2 aromatic rings. The fourth-order valence-electron chi connectivity index (χ4n) is 2.26. The molecule has 0 aliphatic heterocycles. The van der Waals surface area contributed by atoms with Crippen LogP contribution in [0, 0.1) is 5.92 Å². The van der Waals surface area contributed by atoms with Crippen LogP contribution in [0.3, 0.4) is 0 Å². The lowest BCUT2D eigenvalue weighted by atomic mass is 10.1. The third kappa shape index (κ3) is 4.26. The summed E-state index contributed by atoms with van der Waals surface area (Å²) in [7, 11) is 0. The minimum Gasteiger partial charge on any atom is -0.480 e. The summed E-state index contributed by atoms with van der Waals surface area (Å²) in [6, 6.07) is 7.38. The van der Waals surface area contributed by atoms with Gasteiger partial charge < -0.3 is 9.84 Å². The van der Waals surface area contributed by atoms with Gasteiger partial charge in [0, 0.05) is 10.9 Å². The van der Waals surface area contributed by atoms with Crippen LogP contribution in [-0.2, 0) is 9.53 Å². The van der Waals surface area contributed by atoms with Crippen molar-refractivity contribution < 1.29 is 24.2 Å². The smallest absolute Gasteiger partial charge is 0.356 e. The third-order valence-electron chi connectivity index (χ3n) is 3.55. The second kappa shape index (κ2) is 8.57. The van der Waals surface area contributed by atoms with E-state index < -0.39 is 23.9 Å². The van der Waals surface area contributed by atoms with Gasteiger partial charge in [-0.25, -0.2) is 19.1 Å². The van der Waals surface area contributed by atoms with Gasteiger partial charge in [-0.3, -0.25) is 4.79 Å². The van der Waals surface area contributed by atoms with E-state index in [0.717, 1.165) is 15.9 Å². The molecule has 0 saturated heterocycles. The van der Waals surface area contributed by atoms with Crippen LogP contribution in [0.5, 0.6) is 0 Å². The molecule has 26 heavy (non-hydrogen) atoms. The lowest BCUT2D eigenvalue weighted by Gasteiger charge is -2.11. The number of carbonyl (C=O) groups is 3. The van der Waals surface area contributed by atoms with Crippen molar-refractivity contribution in [2.75, 3.05) is 6.61 Å². The number of rotatable bonds is 6. The lowest BCUT2D eigenvalue weighted by molar-refractivity contribution is -0.139. The summed E-state index contributed by atoms with van der Waals surface area (Å²) in [6.45, 7) is 5.28. The molecular weight excluding hydrogens is 356 g/mol. The maximum Gasteiger partial charge on any atom is 0.356 e. The van der Waals surface area contributed by atoms with Crippen LogP contribution in [0.15, 0.2) is 40.7 Å². The molecule has 0 amide bonds. The number of aromatic nitrogens is 1. The van der Waals surface area contributed by atoms with Crippen LogP contribution in [0.1, 0.15) is 41.6 Å². The quantitative estimate of drug-likeness (QED) is 0.781. The predicted molar refractivity (Wildman–Crippen MR) is 96.3 cm³/mol. The van der Waals surface area contributed by atoms with Crippen molar-refractivity contribution >= 4 is 29.2 Å². The first-order valence-corrected chi connectivity index (χ1v) is 8.98. The van der Waals surface area contributed by atoms with Gasteiger partial charge in [-0.1, -0.05) is 32.0 Å². The number of hydrogen-bond acceptors (Lipinski definition) is 6. The topological polar surface area (TPSA) is 98.0 Å². The van der Waals surface area contributed by atoms with Gasteiger partial charge in [-0.2, -0.15) is 0 Å². The Hall–Kier alpha value is -2.74. The van der Waals surface area contributed by atoms with Gasteiger partial charge in [0.1, 0.15) is 5.69 Å². The Labute approximate surface area is 154 Å². The van der Waals surface area contributed by atoms with Gasteiger partial charge in [0.2, 0.25) is 0 Å². The average molecular weight is 376 g/mol. The highest BCUT2D eigenvalue weighted by atomic mass is 32.1. The highest BCUT2D eigenvalue weighted by Crippen LogP contribution is 2.11. The van der Waals surface area contributed by atoms with Gasteiger partial charge in [0.05, 0.1) is 6.61 Å². The van der Waals surface area contributed by atoms with Crippen LogP contribution >= 0.6 is 11.3 Å². The van der Waals surface area contributed by atoms with Gasteiger partial charge in [-0.05, 0) is 25.0 Å². The maximum atomic E-state index is 12.9. The highest BCUT2D eigenvalue weighted by Gasteiger charge is 2.24. The monoisotopic (exact) mass is 376 g/mol. The SMILES string of the molecule is CCOC(=O)c1csc(=NC(C(=O)O)C(C)C)n1C(=O)c1ccccc1. The zero-order valence-electron chi connectivity index (χ0n) is 14.7. The molecule has 1 unspecified atom stereocenters. The van der Waals surface area contributed by atoms with E-state index in [1.807, 2.05) is 0 Å². The van der Waals surface area contributed by atoms with E-state index in [9.17, 15) is 19.5 Å². The molecule has 1 heterocycles. The number of ether oxygens (including phenoxy) is 1. The summed E-state index contributed by atoms with van der Waals surface area (Å²) in [6.07, 6.45) is 0. The third-order valence-corrected chi connectivity index (χ3v) is 4.39. The Kier molecular flexibility index (Phi) is 6.46. The number of carboxylic acid groups (broad SMARTS) is 1. The Morgan fingerprint density at radius 3 is 2.42 bits per heavy atom. The molecule has 8 heteroatoms. The molecular formula is C18H20N2O5S. The van der Waals surface area contributed by atoms with Crippen molar-refractivity contribution in [3.63, 3.8) is 0 Å². The number of carboxylic acids is 1. The Balaban J connectivity index is 2.65. The normalized spacial score (nSPS) is 12.8. The lowest BCUT2D eigenvalue weighted by Crippen LogP contribution is -2.32. The van der Waals surface area contributed by atoms with Crippen molar-refractivity contribution in [3.05, 3.63) is 51.8 Å². The number of thiazole rings is 1. The molecule has 7 nitrogen and oxygen atoms in total. The minimum absolute atomic E-state index is 0.0253. The van der Waals surface area contributed by atoms with Gasteiger partial charge in [0.15, 0.2) is 10.8 Å². The van der Waals surface area contributed by atoms with Gasteiger partial charge in [-0.15, -0.1) is 11.3 Å². The van der Waals surface area contributed by atoms with Crippen molar-refractivity contribution in [2.45, 2.75) is 26.8 Å². The number of esters is 1. The largest absolute Gasteiger partial charge is 0.480 e. The van der Waals surface area contributed by atoms with E-state index in [4.69, 9.17) is 4.74 Å². The van der Waals surface area contributed by atoms with Crippen molar-refractivity contribution in [2.24, 2.45) is 10.9 Å². The van der Waals surface area contributed by atoms with Crippen LogP contribution in [0.25, 0.3) is 0 Å². The summed E-state index contributed by atoms with van der Waals surface area (Å²) in [4.78, 5) is 41.0. The van der Waals surface area contributed by atoms with E-state index in [0.29, 0.717) is 5.56 Å². The Morgan fingerprint density at radius 1 is 1.23 bits per heavy atom. The molecule has 0 aliphatic carbocycles. The van der Waals surface area contributed by atoms with Crippen molar-refractivity contribution in [1.29, 1.82) is 0 Å². The van der Waals surface area contributed by atoms with E-state index >= 15 is 0 Å². The van der Waals surface area contributed by atoms with Gasteiger partial charge in [0.25, 0.3) is 5.91 Å². The zero-order chi connectivity index (χ0) is 19.3. The molecule has 1 N–H and O–H groups in total. The number of benzene rings is 1. The van der Waals surface area contributed by atoms with Crippen LogP contribution in [0.2, 0.25) is 0 Å². The molecule has 1 atom stereocenters. The molecule has 2 rings (SSSR count). The Morgan fingerprint density at radius 2 is 1.88 bits per heavy atom. The first-order chi connectivity index (χ1) is 12.4. The van der Waals surface area contributed by atoms with Crippen LogP contribution in [-0.4, -0.2) is 40.2 Å². The van der Waals surface area contributed by atoms with Crippen molar-refractivity contribution in [3.8, 4) is 0 Å². The van der Waals surface area contributed by atoms with E-state index in [2.05, 4.69) is 4.99 Å². The molecule has 0 saturated carbocycles. The fourth-order valence-corrected chi connectivity index (χ4v) is 3.14. The number of nitrogens with zero attached hydrogens (tertiary/aromatic N) is 2. The van der Waals surface area contributed by atoms with Crippen LogP contribution < -0.4 is 4.80 Å². The molecule has 0 bridgehead atoms. The summed E-state index contributed by atoms with van der Waals surface area (Å²) in [5, 5.41) is 10.8. The second-order valence-corrected chi connectivity index (χ2v) is 6.62. The molecule has 1 aromatic carbocycles. The standard InChI is InChI=1S/C18H20N2O5S/c1-4-25-17(24)13-10-26-18(19-14(11(2)3)16(22)23)20(13)15(21)12-8-6-5-7-9-12/h5-11,14H,4H2,1-3H3,(H,22,23). The Bertz CT molecular complexity index is 867. The number of carbonyl (C=O) groups excluding carboxylic acids is 2. The zero-order valence-corrected chi connectivity index (χ0v) is 15.5. The summed E-state index contributed by atoms with van der Waals surface area (Å²) < 4.78 is 6.13. The molecule has 0 fully saturated rings. The predicted octanol–water partition coefficient (Wildman–Crippen LogP) is 2.42. The number of hydrogen-bond donors (Lipinski definition) is 1.